The van der Waals surface area contributed by atoms with E-state index in [9.17, 15) is 0 Å². The Morgan fingerprint density at radius 3 is 1.29 bits per heavy atom. The molecule has 0 saturated carbocycles. The van der Waals surface area contributed by atoms with E-state index in [-0.39, 0.29) is 32.5 Å². The molecule has 6 aromatic carbocycles. The lowest BCUT2D eigenvalue weighted by atomic mass is 9.59. The fourth-order valence-corrected chi connectivity index (χ4v) is 10.9. The van der Waals surface area contributed by atoms with Crippen LogP contribution in [0, 0.1) is 5.41 Å². The van der Waals surface area contributed by atoms with Gasteiger partial charge in [0.05, 0.1) is 5.69 Å². The molecule has 342 valence electrons. The molecule has 4 heteroatoms. The van der Waals surface area contributed by atoms with Crippen LogP contribution in [0.15, 0.2) is 146 Å². The van der Waals surface area contributed by atoms with Gasteiger partial charge in [0.1, 0.15) is 0 Å². The number of aromatic nitrogens is 4. The van der Waals surface area contributed by atoms with Gasteiger partial charge in [-0.3, -0.25) is 4.98 Å². The van der Waals surface area contributed by atoms with Crippen LogP contribution in [0.25, 0.3) is 78.8 Å². The minimum Gasteiger partial charge on any atom is -0.256 e. The Morgan fingerprint density at radius 1 is 0.353 bits per heavy atom. The van der Waals surface area contributed by atoms with Crippen LogP contribution in [0.1, 0.15) is 130 Å². The second kappa shape index (κ2) is 15.5. The third-order valence-corrected chi connectivity index (χ3v) is 16.7. The van der Waals surface area contributed by atoms with Crippen molar-refractivity contribution in [2.75, 3.05) is 0 Å². The molecule has 4 nitrogen and oxygen atoms in total. The first-order chi connectivity index (χ1) is 31.9. The molecule has 0 spiro atoms. The molecule has 0 bridgehead atoms. The minimum atomic E-state index is -0.257. The SMILES string of the molecule is CC(C)(C)c1ccc(-c2nc(-c3ccc(C(C)(C)C)cc3)nc(-c3ccc4c(c3)C(C)(C)c3cc(-c5cccc(-c6ccnc(-c7ccc8c(c7)C(C)(C)C(C)(C)C8(C)C)c6)c5)ccc3-4)n2)cc1. The summed E-state index contributed by atoms with van der Waals surface area (Å²) >= 11 is 0. The van der Waals surface area contributed by atoms with Gasteiger partial charge in [0.2, 0.25) is 0 Å². The van der Waals surface area contributed by atoms with Crippen LogP contribution in [-0.4, -0.2) is 19.9 Å². The zero-order chi connectivity index (χ0) is 48.3. The average Bonchev–Trinajstić information content (AvgIpc) is 3.60. The molecule has 2 aliphatic rings. The molecule has 0 unspecified atom stereocenters. The van der Waals surface area contributed by atoms with Crippen molar-refractivity contribution in [3.63, 3.8) is 0 Å². The fraction of sp³-hybridized carbons (Fsp3) is 0.312. The van der Waals surface area contributed by atoms with Crippen LogP contribution >= 0.6 is 0 Å². The Bertz CT molecular complexity index is 3200. The molecule has 8 aromatic rings. The van der Waals surface area contributed by atoms with Gasteiger partial charge in [0.15, 0.2) is 17.5 Å². The lowest BCUT2D eigenvalue weighted by Crippen LogP contribution is -2.42. The van der Waals surface area contributed by atoms with Crippen molar-refractivity contribution < 1.29 is 0 Å². The maximum absolute atomic E-state index is 5.18. The number of benzene rings is 6. The molecular weight excluding hydrogens is 825 g/mol. The average molecular weight is 891 g/mol. The van der Waals surface area contributed by atoms with Gasteiger partial charge in [-0.05, 0) is 130 Å². The Balaban J connectivity index is 0.976. The van der Waals surface area contributed by atoms with E-state index in [2.05, 4.69) is 236 Å². The van der Waals surface area contributed by atoms with Gasteiger partial charge >= 0.3 is 0 Å². The number of hydrogen-bond acceptors (Lipinski definition) is 4. The summed E-state index contributed by atoms with van der Waals surface area (Å²) in [5.74, 6) is 2.01. The molecule has 0 atom stereocenters. The molecule has 0 N–H and O–H groups in total. The zero-order valence-electron chi connectivity index (χ0n) is 42.6. The van der Waals surface area contributed by atoms with Crippen molar-refractivity contribution in [2.24, 2.45) is 5.41 Å². The van der Waals surface area contributed by atoms with Crippen LogP contribution in [-0.2, 0) is 27.1 Å². The maximum atomic E-state index is 5.18. The first-order valence-corrected chi connectivity index (χ1v) is 24.5. The van der Waals surface area contributed by atoms with Gasteiger partial charge in [0, 0.05) is 33.9 Å². The molecule has 0 amide bonds. The van der Waals surface area contributed by atoms with E-state index < -0.39 is 0 Å². The second-order valence-electron chi connectivity index (χ2n) is 23.8. The highest BCUT2D eigenvalue weighted by Crippen LogP contribution is 2.62. The van der Waals surface area contributed by atoms with Gasteiger partial charge < -0.3 is 0 Å². The van der Waals surface area contributed by atoms with E-state index in [1.54, 1.807) is 0 Å². The lowest BCUT2D eigenvalue weighted by molar-refractivity contribution is 0.125. The third kappa shape index (κ3) is 7.34. The van der Waals surface area contributed by atoms with Crippen molar-refractivity contribution in [1.82, 2.24) is 19.9 Å². The highest BCUT2D eigenvalue weighted by Gasteiger charge is 2.56. The topological polar surface area (TPSA) is 51.6 Å². The number of nitrogens with zero attached hydrogens (tertiary/aromatic N) is 4. The number of fused-ring (bicyclic) bond motifs is 4. The molecule has 10 rings (SSSR count). The Labute approximate surface area is 405 Å². The van der Waals surface area contributed by atoms with Gasteiger partial charge in [0.25, 0.3) is 0 Å². The molecular formula is C64H66N4. The normalized spacial score (nSPS) is 16.3. The minimum absolute atomic E-state index is 0.0313. The van der Waals surface area contributed by atoms with Crippen molar-refractivity contribution in [2.45, 2.75) is 124 Å². The molecule has 0 fully saturated rings. The molecule has 2 aliphatic carbocycles. The van der Waals surface area contributed by atoms with Crippen molar-refractivity contribution >= 4 is 0 Å². The first-order valence-electron chi connectivity index (χ1n) is 24.5. The summed E-state index contributed by atoms with van der Waals surface area (Å²) in [6, 6.07) is 51.5. The smallest absolute Gasteiger partial charge is 0.164 e. The maximum Gasteiger partial charge on any atom is 0.164 e. The van der Waals surface area contributed by atoms with E-state index >= 15 is 0 Å². The summed E-state index contributed by atoms with van der Waals surface area (Å²) in [5, 5.41) is 0. The van der Waals surface area contributed by atoms with Crippen LogP contribution in [0.4, 0.5) is 0 Å². The van der Waals surface area contributed by atoms with Crippen LogP contribution in [0.2, 0.25) is 0 Å². The Hall–Kier alpha value is -6.52. The van der Waals surface area contributed by atoms with Crippen LogP contribution in [0.3, 0.4) is 0 Å². The van der Waals surface area contributed by atoms with Crippen LogP contribution in [0.5, 0.6) is 0 Å². The first kappa shape index (κ1) is 45.3. The third-order valence-electron chi connectivity index (χ3n) is 16.7. The molecule has 0 saturated heterocycles. The number of rotatable bonds is 6. The van der Waals surface area contributed by atoms with Gasteiger partial charge in [-0.15, -0.1) is 0 Å². The molecule has 2 aromatic heterocycles. The monoisotopic (exact) mass is 891 g/mol. The Morgan fingerprint density at radius 2 is 0.765 bits per heavy atom. The van der Waals surface area contributed by atoms with E-state index in [0.717, 1.165) is 27.9 Å². The molecule has 0 aliphatic heterocycles. The predicted octanol–water partition coefficient (Wildman–Crippen LogP) is 16.8. The highest BCUT2D eigenvalue weighted by molar-refractivity contribution is 5.86. The van der Waals surface area contributed by atoms with E-state index in [1.807, 2.05) is 6.20 Å². The highest BCUT2D eigenvalue weighted by atomic mass is 15.0. The fourth-order valence-electron chi connectivity index (χ4n) is 10.9. The summed E-state index contributed by atoms with van der Waals surface area (Å²) in [7, 11) is 0. The second-order valence-corrected chi connectivity index (χ2v) is 23.8. The molecule has 0 radical (unpaired) electrons. The van der Waals surface area contributed by atoms with E-state index in [0.29, 0.717) is 17.5 Å². The standard InChI is InChI=1S/C64H66N4/c1-59(2,3)47-25-18-39(19-26-47)56-66-57(40-20-27-48(28-21-40)60(4,5)6)68-58(67-56)46-23-30-50-49-29-22-43(35-52(49)61(7,8)53(50)37-46)41-16-15-17-42(34-41)44-32-33-65-55(38-44)45-24-31-51-54(36-45)63(11,12)64(13,14)62(51,9)10/h15-38H,1-14H3. The van der Waals surface area contributed by atoms with E-state index in [1.165, 1.54) is 66.8 Å². The summed E-state index contributed by atoms with van der Waals surface area (Å²) in [5.41, 5.74) is 20.4. The van der Waals surface area contributed by atoms with Gasteiger partial charge in [-0.25, -0.2) is 15.0 Å². The van der Waals surface area contributed by atoms with E-state index in [4.69, 9.17) is 19.9 Å². The van der Waals surface area contributed by atoms with Crippen LogP contribution < -0.4 is 0 Å². The molecule has 2 heterocycles. The zero-order valence-corrected chi connectivity index (χ0v) is 42.6. The molecule has 68 heavy (non-hydrogen) atoms. The summed E-state index contributed by atoms with van der Waals surface area (Å²) in [4.78, 5) is 20.4. The van der Waals surface area contributed by atoms with Gasteiger partial charge in [-0.2, -0.15) is 0 Å². The quantitative estimate of drug-likeness (QED) is 0.167. The van der Waals surface area contributed by atoms with Crippen molar-refractivity contribution in [1.29, 1.82) is 0 Å². The Kier molecular flexibility index (Phi) is 10.3. The predicted molar refractivity (Wildman–Crippen MR) is 285 cm³/mol. The largest absolute Gasteiger partial charge is 0.256 e. The number of hydrogen-bond donors (Lipinski definition) is 0. The van der Waals surface area contributed by atoms with Crippen molar-refractivity contribution in [3.05, 3.63) is 179 Å². The van der Waals surface area contributed by atoms with Crippen molar-refractivity contribution in [3.8, 4) is 78.8 Å². The van der Waals surface area contributed by atoms with Gasteiger partial charge in [-0.1, -0.05) is 200 Å². The summed E-state index contributed by atoms with van der Waals surface area (Å²) < 4.78 is 0. The number of pyridine rings is 1. The summed E-state index contributed by atoms with van der Waals surface area (Å²) in [6.45, 7) is 32.6. The lowest BCUT2D eigenvalue weighted by Gasteiger charge is -2.44. The summed E-state index contributed by atoms with van der Waals surface area (Å²) in [6.07, 6.45) is 1.96.